The zero-order valence-corrected chi connectivity index (χ0v) is 9.94. The summed E-state index contributed by atoms with van der Waals surface area (Å²) in [5, 5.41) is 6.20. The number of alkyl halides is 2. The van der Waals surface area contributed by atoms with Crippen molar-refractivity contribution < 1.29 is 8.78 Å². The summed E-state index contributed by atoms with van der Waals surface area (Å²) < 4.78 is 24.4. The van der Waals surface area contributed by atoms with E-state index >= 15 is 0 Å². The number of fused-ring (bicyclic) bond motifs is 1. The van der Waals surface area contributed by atoms with Gasteiger partial charge in [0.1, 0.15) is 0 Å². The van der Waals surface area contributed by atoms with Gasteiger partial charge in [0, 0.05) is 31.0 Å². The quantitative estimate of drug-likeness (QED) is 0.722. The molecule has 2 atom stereocenters. The number of piperidine rings is 1. The lowest BCUT2D eigenvalue weighted by atomic mass is 9.96. The molecule has 1 saturated heterocycles. The maximum absolute atomic E-state index is 12.2. The highest BCUT2D eigenvalue weighted by molar-refractivity contribution is 5.11. The molecule has 1 aliphatic heterocycles. The molecule has 0 aromatic heterocycles. The maximum atomic E-state index is 12.2. The van der Waals surface area contributed by atoms with Crippen LogP contribution in [0.5, 0.6) is 0 Å². The zero-order valence-electron chi connectivity index (χ0n) is 9.94. The Morgan fingerprint density at radius 3 is 1.94 bits per heavy atom. The van der Waals surface area contributed by atoms with Gasteiger partial charge in [0.25, 0.3) is 5.92 Å². The van der Waals surface area contributed by atoms with Gasteiger partial charge in [-0.2, -0.15) is 0 Å². The smallest absolute Gasteiger partial charge is 0.257 e. The second-order valence-corrected chi connectivity index (χ2v) is 5.17. The van der Waals surface area contributed by atoms with Gasteiger partial charge in [0.2, 0.25) is 0 Å². The van der Waals surface area contributed by atoms with Gasteiger partial charge in [-0.1, -0.05) is 19.3 Å². The molecular weight excluding hydrogens is 210 g/mol. The topological polar surface area (TPSA) is 24.1 Å². The van der Waals surface area contributed by atoms with Crippen LogP contribution in [-0.2, 0) is 0 Å². The second kappa shape index (κ2) is 4.96. The molecule has 16 heavy (non-hydrogen) atoms. The fraction of sp³-hybridized carbons (Fsp3) is 1.00. The Kier molecular flexibility index (Phi) is 3.80. The van der Waals surface area contributed by atoms with Crippen LogP contribution in [0.2, 0.25) is 0 Å². The third-order valence-electron chi connectivity index (χ3n) is 4.11. The molecule has 0 radical (unpaired) electrons. The van der Waals surface area contributed by atoms with Crippen LogP contribution in [0.1, 0.15) is 32.1 Å². The molecule has 0 spiro atoms. The van der Waals surface area contributed by atoms with Gasteiger partial charge in [-0.15, -0.1) is 0 Å². The molecule has 94 valence electrons. The van der Waals surface area contributed by atoms with E-state index in [-0.39, 0.29) is 11.8 Å². The monoisotopic (exact) mass is 232 g/mol. The van der Waals surface area contributed by atoms with E-state index in [1.165, 1.54) is 32.1 Å². The number of hydrogen-bond donors (Lipinski definition) is 2. The highest BCUT2D eigenvalue weighted by atomic mass is 19.3. The minimum atomic E-state index is -2.30. The van der Waals surface area contributed by atoms with Crippen molar-refractivity contribution in [3.8, 4) is 0 Å². The Morgan fingerprint density at radius 1 is 1.06 bits per heavy atom. The van der Waals surface area contributed by atoms with Crippen LogP contribution in [0.4, 0.5) is 8.78 Å². The van der Waals surface area contributed by atoms with E-state index in [0.717, 1.165) is 6.04 Å². The van der Waals surface area contributed by atoms with Gasteiger partial charge in [-0.25, -0.2) is 8.78 Å². The average Bonchev–Trinajstić information content (AvgIpc) is 2.75. The van der Waals surface area contributed by atoms with Crippen LogP contribution in [0.3, 0.4) is 0 Å². The SMILES string of the molecule is CNC1CCCCC1.FC1(F)C2CNCC21. The van der Waals surface area contributed by atoms with Crippen LogP contribution in [0.25, 0.3) is 0 Å². The van der Waals surface area contributed by atoms with E-state index in [0.29, 0.717) is 13.1 Å². The number of nitrogens with one attached hydrogen (secondary N) is 2. The lowest BCUT2D eigenvalue weighted by Crippen LogP contribution is -2.26. The summed E-state index contributed by atoms with van der Waals surface area (Å²) in [6.07, 6.45) is 7.13. The molecule has 2 unspecified atom stereocenters. The first kappa shape index (κ1) is 12.2. The summed E-state index contributed by atoms with van der Waals surface area (Å²) in [5.74, 6) is -2.93. The Hall–Kier alpha value is -0.220. The summed E-state index contributed by atoms with van der Waals surface area (Å²) in [6.45, 7) is 1.05. The molecule has 2 nitrogen and oxygen atoms in total. The van der Waals surface area contributed by atoms with Crippen LogP contribution < -0.4 is 10.6 Å². The van der Waals surface area contributed by atoms with Crippen molar-refractivity contribution in [1.29, 1.82) is 0 Å². The normalized spacial score (nSPS) is 36.2. The standard InChI is InChI=1S/C7H15N.C5H7F2N/c1-8-7-5-3-2-4-6-7;6-5(7)3-1-8-2-4(3)5/h7-8H,2-6H2,1H3;3-4,8H,1-2H2. The van der Waals surface area contributed by atoms with Crippen molar-refractivity contribution in [1.82, 2.24) is 10.6 Å². The van der Waals surface area contributed by atoms with Crippen LogP contribution >= 0.6 is 0 Å². The van der Waals surface area contributed by atoms with Gasteiger partial charge >= 0.3 is 0 Å². The fourth-order valence-corrected chi connectivity index (χ4v) is 2.80. The summed E-state index contributed by atoms with van der Waals surface area (Å²) in [4.78, 5) is 0. The first-order valence-electron chi connectivity index (χ1n) is 6.42. The van der Waals surface area contributed by atoms with Gasteiger partial charge in [0.05, 0.1) is 0 Å². The molecule has 3 rings (SSSR count). The largest absolute Gasteiger partial charge is 0.317 e. The zero-order chi connectivity index (χ0) is 11.6. The predicted octanol–water partition coefficient (Wildman–Crippen LogP) is 2.01. The molecular formula is C12H22F2N2. The molecule has 3 fully saturated rings. The van der Waals surface area contributed by atoms with E-state index in [1.807, 2.05) is 0 Å². The van der Waals surface area contributed by atoms with Gasteiger partial charge in [-0.05, 0) is 19.9 Å². The summed E-state index contributed by atoms with van der Waals surface area (Å²) >= 11 is 0. The Labute approximate surface area is 96.2 Å². The van der Waals surface area contributed by atoms with Crippen LogP contribution in [0.15, 0.2) is 0 Å². The van der Waals surface area contributed by atoms with E-state index in [2.05, 4.69) is 17.7 Å². The predicted molar refractivity (Wildman–Crippen MR) is 60.7 cm³/mol. The highest BCUT2D eigenvalue weighted by Gasteiger charge is 2.69. The Morgan fingerprint density at radius 2 is 1.62 bits per heavy atom. The van der Waals surface area contributed by atoms with Gasteiger partial charge in [0.15, 0.2) is 0 Å². The van der Waals surface area contributed by atoms with Gasteiger partial charge < -0.3 is 10.6 Å². The molecule has 4 heteroatoms. The molecule has 2 saturated carbocycles. The minimum Gasteiger partial charge on any atom is -0.317 e. The molecule has 0 aromatic rings. The second-order valence-electron chi connectivity index (χ2n) is 5.17. The number of rotatable bonds is 1. The van der Waals surface area contributed by atoms with Crippen molar-refractivity contribution >= 4 is 0 Å². The van der Waals surface area contributed by atoms with Crippen molar-refractivity contribution in [3.05, 3.63) is 0 Å². The third-order valence-corrected chi connectivity index (χ3v) is 4.11. The number of halogens is 2. The van der Waals surface area contributed by atoms with Crippen molar-refractivity contribution in [2.24, 2.45) is 11.8 Å². The van der Waals surface area contributed by atoms with Crippen molar-refractivity contribution in [3.63, 3.8) is 0 Å². The van der Waals surface area contributed by atoms with E-state index in [1.54, 1.807) is 0 Å². The van der Waals surface area contributed by atoms with Crippen LogP contribution in [0, 0.1) is 11.8 Å². The Balaban J connectivity index is 0.000000120. The molecule has 0 amide bonds. The Bertz CT molecular complexity index is 215. The lowest BCUT2D eigenvalue weighted by molar-refractivity contribution is 0.0763. The highest BCUT2D eigenvalue weighted by Crippen LogP contribution is 2.56. The first-order valence-corrected chi connectivity index (χ1v) is 6.42. The molecule has 3 aliphatic rings. The summed E-state index contributed by atoms with van der Waals surface area (Å²) in [7, 11) is 2.07. The average molecular weight is 232 g/mol. The van der Waals surface area contributed by atoms with E-state index in [4.69, 9.17) is 0 Å². The molecule has 1 heterocycles. The first-order chi connectivity index (χ1) is 7.66. The summed E-state index contributed by atoms with van der Waals surface area (Å²) in [6, 6.07) is 0.837. The lowest BCUT2D eigenvalue weighted by Gasteiger charge is -2.20. The van der Waals surface area contributed by atoms with E-state index < -0.39 is 5.92 Å². The van der Waals surface area contributed by atoms with Crippen molar-refractivity contribution in [2.75, 3.05) is 20.1 Å². The minimum absolute atomic E-state index is 0.317. The van der Waals surface area contributed by atoms with Crippen LogP contribution in [-0.4, -0.2) is 32.1 Å². The number of hydrogen-bond acceptors (Lipinski definition) is 2. The fourth-order valence-electron chi connectivity index (χ4n) is 2.80. The summed E-state index contributed by atoms with van der Waals surface area (Å²) in [5.41, 5.74) is 0. The molecule has 0 bridgehead atoms. The van der Waals surface area contributed by atoms with Gasteiger partial charge in [-0.3, -0.25) is 0 Å². The molecule has 0 aromatic carbocycles. The van der Waals surface area contributed by atoms with E-state index in [9.17, 15) is 8.78 Å². The van der Waals surface area contributed by atoms with Crippen molar-refractivity contribution in [2.45, 2.75) is 44.1 Å². The molecule has 2 aliphatic carbocycles. The maximum Gasteiger partial charge on any atom is 0.257 e. The third kappa shape index (κ3) is 2.54. The molecule has 2 N–H and O–H groups in total.